The lowest BCUT2D eigenvalue weighted by Crippen LogP contribution is -2.21. The van der Waals surface area contributed by atoms with Gasteiger partial charge in [-0.1, -0.05) is 71.8 Å². The van der Waals surface area contributed by atoms with E-state index in [9.17, 15) is 16.8 Å². The van der Waals surface area contributed by atoms with Crippen molar-refractivity contribution in [3.63, 3.8) is 0 Å². The van der Waals surface area contributed by atoms with Crippen molar-refractivity contribution in [2.75, 3.05) is 0 Å². The first-order valence-electron chi connectivity index (χ1n) is 16.2. The number of hydrogen-bond acceptors (Lipinski definition) is 10. The average Bonchev–Trinajstić information content (AvgIpc) is 4.03. The van der Waals surface area contributed by atoms with Gasteiger partial charge in [0.25, 0.3) is 20.0 Å². The van der Waals surface area contributed by atoms with Crippen LogP contribution in [0.5, 0.6) is 0 Å². The second-order valence-electron chi connectivity index (χ2n) is 11.7. The van der Waals surface area contributed by atoms with Crippen LogP contribution in [0.15, 0.2) is 172 Å². The number of nitrogens with zero attached hydrogens (tertiary/aromatic N) is 2. The van der Waals surface area contributed by atoms with Crippen LogP contribution in [0.25, 0.3) is 0 Å². The smallest absolute Gasteiger partial charge is 0.199 e. The summed E-state index contributed by atoms with van der Waals surface area (Å²) in [5.41, 5.74) is 2.04. The zero-order valence-electron chi connectivity index (χ0n) is 28.7. The van der Waals surface area contributed by atoms with Gasteiger partial charge in [-0.05, 0) is 107 Å². The first-order valence-corrected chi connectivity index (χ1v) is 27.8. The summed E-state index contributed by atoms with van der Waals surface area (Å²) in [4.78, 5) is 0.476. The molecular formula is C38H32N2O4P2S8. The molecule has 0 aliphatic carbocycles. The lowest BCUT2D eigenvalue weighted by atomic mass is 10.2. The van der Waals surface area contributed by atoms with E-state index in [0.717, 1.165) is 38.8 Å². The van der Waals surface area contributed by atoms with E-state index in [1.807, 2.05) is 143 Å². The van der Waals surface area contributed by atoms with E-state index < -0.39 is 34.2 Å². The second kappa shape index (κ2) is 16.6. The third-order valence-corrected chi connectivity index (χ3v) is 28.9. The molecule has 0 saturated heterocycles. The van der Waals surface area contributed by atoms with Gasteiger partial charge in [0, 0.05) is 0 Å². The first kappa shape index (κ1) is 39.2. The number of benzene rings is 2. The first-order chi connectivity index (χ1) is 26.0. The minimum absolute atomic E-state index is 0.238. The highest BCUT2D eigenvalue weighted by Crippen LogP contribution is 2.53. The van der Waals surface area contributed by atoms with Crippen LogP contribution in [0.4, 0.5) is 0 Å². The second-order valence-corrected chi connectivity index (χ2v) is 28.8. The molecule has 0 bridgehead atoms. The predicted molar refractivity (Wildman–Crippen MR) is 239 cm³/mol. The van der Waals surface area contributed by atoms with Crippen LogP contribution in [-0.4, -0.2) is 16.8 Å². The van der Waals surface area contributed by atoms with Crippen molar-refractivity contribution in [3.05, 3.63) is 165 Å². The molecule has 6 heterocycles. The highest BCUT2D eigenvalue weighted by molar-refractivity contribution is 8.04. The number of aryl methyl sites for hydroxylation is 2. The van der Waals surface area contributed by atoms with Crippen molar-refractivity contribution in [1.82, 2.24) is 0 Å². The molecule has 0 aliphatic heterocycles. The summed E-state index contributed by atoms with van der Waals surface area (Å²) < 4.78 is 68.7. The third kappa shape index (κ3) is 7.97. The van der Waals surface area contributed by atoms with Crippen LogP contribution in [0.3, 0.4) is 0 Å². The Morgan fingerprint density at radius 2 is 0.593 bits per heavy atom. The summed E-state index contributed by atoms with van der Waals surface area (Å²) in [6.45, 7) is 3.88. The van der Waals surface area contributed by atoms with Crippen LogP contribution < -0.4 is 27.7 Å². The molecule has 0 aliphatic rings. The van der Waals surface area contributed by atoms with Crippen molar-refractivity contribution >= 4 is 130 Å². The third-order valence-electron chi connectivity index (χ3n) is 8.05. The van der Waals surface area contributed by atoms with Gasteiger partial charge < -0.3 is 0 Å². The fourth-order valence-electron chi connectivity index (χ4n) is 5.45. The zero-order valence-corrected chi connectivity index (χ0v) is 37.0. The van der Waals surface area contributed by atoms with Gasteiger partial charge in [-0.25, -0.2) is 0 Å². The molecule has 0 amide bonds. The van der Waals surface area contributed by atoms with E-state index >= 15 is 0 Å². The fourth-order valence-corrected chi connectivity index (χ4v) is 28.7. The highest BCUT2D eigenvalue weighted by Gasteiger charge is 2.35. The summed E-state index contributed by atoms with van der Waals surface area (Å²) in [6, 6.07) is 37.6. The van der Waals surface area contributed by atoms with Gasteiger partial charge >= 0.3 is 0 Å². The van der Waals surface area contributed by atoms with Gasteiger partial charge in [0.1, 0.15) is 14.1 Å². The Labute approximate surface area is 340 Å². The van der Waals surface area contributed by atoms with E-state index in [1.54, 1.807) is 92.3 Å². The lowest BCUT2D eigenvalue weighted by Gasteiger charge is -2.21. The van der Waals surface area contributed by atoms with Crippen LogP contribution in [0, 0.1) is 13.8 Å². The highest BCUT2D eigenvalue weighted by atomic mass is 32.2. The molecule has 0 N–H and O–H groups in total. The van der Waals surface area contributed by atoms with Crippen molar-refractivity contribution < 1.29 is 16.8 Å². The molecule has 6 aromatic heterocycles. The van der Waals surface area contributed by atoms with Gasteiger partial charge in [0.05, 0.1) is 37.5 Å². The van der Waals surface area contributed by atoms with Crippen LogP contribution in [0.2, 0.25) is 0 Å². The Morgan fingerprint density at radius 1 is 0.370 bits per heavy atom. The van der Waals surface area contributed by atoms with Crippen LogP contribution in [0.1, 0.15) is 11.1 Å². The molecular weight excluding hydrogens is 867 g/mol. The Balaban J connectivity index is 0.000000167. The largest absolute Gasteiger partial charge is 0.281 e. The lowest BCUT2D eigenvalue weighted by molar-refractivity contribution is 0.596. The minimum Gasteiger partial charge on any atom is -0.199 e. The summed E-state index contributed by atoms with van der Waals surface area (Å²) in [7, 11) is -12.9. The van der Waals surface area contributed by atoms with Crippen molar-refractivity contribution in [2.24, 2.45) is 8.30 Å². The van der Waals surface area contributed by atoms with Gasteiger partial charge in [-0.3, -0.25) is 0 Å². The Morgan fingerprint density at radius 3 is 0.778 bits per heavy atom. The molecule has 0 fully saturated rings. The number of rotatable bonds is 10. The molecule has 6 nitrogen and oxygen atoms in total. The minimum atomic E-state index is -3.82. The number of thiophene rings is 6. The van der Waals surface area contributed by atoms with E-state index in [4.69, 9.17) is 0 Å². The van der Waals surface area contributed by atoms with Gasteiger partial charge in [-0.15, -0.1) is 68.0 Å². The van der Waals surface area contributed by atoms with E-state index in [-0.39, 0.29) is 9.79 Å². The fraction of sp³-hybridized carbons (Fsp3) is 0.0526. The molecule has 8 rings (SSSR count). The van der Waals surface area contributed by atoms with E-state index in [0.29, 0.717) is 0 Å². The van der Waals surface area contributed by atoms with Crippen molar-refractivity contribution in [2.45, 2.75) is 23.6 Å². The molecule has 0 spiro atoms. The molecule has 54 heavy (non-hydrogen) atoms. The molecule has 0 unspecified atom stereocenters. The van der Waals surface area contributed by atoms with Crippen LogP contribution in [-0.2, 0) is 20.0 Å². The average molecular weight is 899 g/mol. The summed E-state index contributed by atoms with van der Waals surface area (Å²) in [5.74, 6) is 0. The van der Waals surface area contributed by atoms with E-state index in [1.165, 1.54) is 0 Å². The topological polar surface area (TPSA) is 93.0 Å². The SMILES string of the molecule is Cc1ccc(S(=O)(=O)N=P(c2cccs2)(c2cccs2)c2cccs2)cc1.Cc1ccc(S(=O)(=O)N=P(c2cccs2)(c2cccs2)c2cccs2)cc1. The zero-order chi connectivity index (χ0) is 37.8. The maximum atomic E-state index is 13.3. The molecule has 2 aromatic carbocycles. The quantitative estimate of drug-likeness (QED) is 0.128. The Hall–Kier alpha value is -3.00. The van der Waals surface area contributed by atoms with E-state index in [2.05, 4.69) is 8.30 Å². The standard InChI is InChI=1S/2C19H16NO2PS4/c2*1-15-8-10-16(11-9-15)27(21,22)20-23(17-5-2-12-24-17,18-6-3-13-25-18)19-7-4-14-26-19/h2*2-14H,1H3. The summed E-state index contributed by atoms with van der Waals surface area (Å²) >= 11 is 9.42. The maximum Gasteiger partial charge on any atom is 0.281 e. The van der Waals surface area contributed by atoms with Crippen molar-refractivity contribution in [3.8, 4) is 0 Å². The van der Waals surface area contributed by atoms with Gasteiger partial charge in [0.2, 0.25) is 0 Å². The Bertz CT molecular complexity index is 2360. The molecule has 276 valence electrons. The molecule has 16 heteroatoms. The maximum absolute atomic E-state index is 13.3. The molecule has 8 aromatic rings. The molecule has 0 atom stereocenters. The monoisotopic (exact) mass is 898 g/mol. The normalized spacial score (nSPS) is 12.2. The number of hydrogen-bond donors (Lipinski definition) is 0. The predicted octanol–water partition coefficient (Wildman–Crippen LogP) is 10.1. The van der Waals surface area contributed by atoms with Crippen LogP contribution >= 0.6 is 82.1 Å². The van der Waals surface area contributed by atoms with Gasteiger partial charge in [-0.2, -0.15) is 25.1 Å². The summed E-state index contributed by atoms with van der Waals surface area (Å²) in [5, 5.41) is 11.9. The van der Waals surface area contributed by atoms with Gasteiger partial charge in [0.15, 0.2) is 0 Å². The molecule has 0 radical (unpaired) electrons. The molecule has 0 saturated carbocycles. The summed E-state index contributed by atoms with van der Waals surface area (Å²) in [6.07, 6.45) is 0. The Kier molecular flexibility index (Phi) is 12.1. The number of sulfonamides is 2. The van der Waals surface area contributed by atoms with Crippen molar-refractivity contribution in [1.29, 1.82) is 0 Å².